The number of furan rings is 1. The van der Waals surface area contributed by atoms with Crippen LogP contribution in [0.15, 0.2) is 70.2 Å². The zero-order chi connectivity index (χ0) is 22.3. The Morgan fingerprint density at radius 1 is 1.03 bits per heavy atom. The van der Waals surface area contributed by atoms with Gasteiger partial charge in [0.15, 0.2) is 5.65 Å². The van der Waals surface area contributed by atoms with Crippen LogP contribution in [0, 0.1) is 0 Å². The van der Waals surface area contributed by atoms with Crippen LogP contribution < -0.4 is 5.43 Å². The van der Waals surface area contributed by atoms with E-state index in [1.165, 1.54) is 12.3 Å². The number of nitrogens with one attached hydrogen (secondary N) is 1. The van der Waals surface area contributed by atoms with Gasteiger partial charge in [-0.15, -0.1) is 10.2 Å². The summed E-state index contributed by atoms with van der Waals surface area (Å²) in [5, 5.41) is 13.3. The van der Waals surface area contributed by atoms with Crippen molar-refractivity contribution in [3.63, 3.8) is 0 Å². The zero-order valence-corrected chi connectivity index (χ0v) is 16.6. The molecular formula is C22H15F3N6O. The molecular weight excluding hydrogens is 421 g/mol. The first-order valence-electron chi connectivity index (χ1n) is 9.54. The first-order valence-corrected chi connectivity index (χ1v) is 9.54. The Kier molecular flexibility index (Phi) is 4.62. The molecule has 5 rings (SSSR count). The molecule has 0 fully saturated rings. The van der Waals surface area contributed by atoms with Gasteiger partial charge in [-0.25, -0.2) is 5.43 Å². The number of aromatic nitrogens is 4. The van der Waals surface area contributed by atoms with Crippen molar-refractivity contribution in [3.05, 3.63) is 72.0 Å². The first kappa shape index (κ1) is 19.7. The molecule has 32 heavy (non-hydrogen) atoms. The summed E-state index contributed by atoms with van der Waals surface area (Å²) in [6.45, 7) is 0. The molecule has 0 aliphatic carbocycles. The largest absolute Gasteiger partial charge is 0.455 e. The van der Waals surface area contributed by atoms with Crippen molar-refractivity contribution >= 4 is 34.2 Å². The fourth-order valence-corrected chi connectivity index (χ4v) is 3.43. The number of fused-ring (bicyclic) bond motifs is 3. The van der Waals surface area contributed by atoms with Crippen molar-refractivity contribution < 1.29 is 17.6 Å². The number of hydrogen-bond acceptors (Lipinski definition) is 6. The zero-order valence-electron chi connectivity index (χ0n) is 16.6. The molecule has 0 radical (unpaired) electrons. The fourth-order valence-electron chi connectivity index (χ4n) is 3.43. The topological polar surface area (TPSA) is 81.1 Å². The molecule has 160 valence electrons. The van der Waals surface area contributed by atoms with E-state index in [1.54, 1.807) is 18.2 Å². The Morgan fingerprint density at radius 3 is 2.72 bits per heavy atom. The van der Waals surface area contributed by atoms with Gasteiger partial charge in [-0.05, 0) is 30.3 Å². The molecule has 0 spiro atoms. The summed E-state index contributed by atoms with van der Waals surface area (Å²) in [5.41, 5.74) is 4.61. The number of anilines is 1. The minimum atomic E-state index is -4.42. The SMILES string of the molecule is Cn1c2ccccc2c2nnc(N/N=C\c3ccc(-c4cccc(C(F)(F)F)c4)o3)nc21. The van der Waals surface area contributed by atoms with Crippen LogP contribution in [0.3, 0.4) is 0 Å². The Balaban J connectivity index is 1.35. The van der Waals surface area contributed by atoms with Gasteiger partial charge in [-0.3, -0.25) is 0 Å². The lowest BCUT2D eigenvalue weighted by atomic mass is 10.1. The molecule has 10 heteroatoms. The molecule has 0 bridgehead atoms. The van der Waals surface area contributed by atoms with Crippen LogP contribution in [0.5, 0.6) is 0 Å². The number of halogens is 3. The van der Waals surface area contributed by atoms with E-state index in [2.05, 4.69) is 25.7 Å². The summed E-state index contributed by atoms with van der Waals surface area (Å²) in [6, 6.07) is 15.9. The summed E-state index contributed by atoms with van der Waals surface area (Å²) in [6.07, 6.45) is -3.04. The van der Waals surface area contributed by atoms with Crippen LogP contribution in [0.2, 0.25) is 0 Å². The number of aryl methyl sites for hydroxylation is 1. The monoisotopic (exact) mass is 436 g/mol. The van der Waals surface area contributed by atoms with E-state index in [4.69, 9.17) is 4.42 Å². The summed E-state index contributed by atoms with van der Waals surface area (Å²) in [7, 11) is 1.89. The smallest absolute Gasteiger partial charge is 0.416 e. The molecule has 0 unspecified atom stereocenters. The summed E-state index contributed by atoms with van der Waals surface area (Å²) in [5.74, 6) is 0.847. The molecule has 3 heterocycles. The quantitative estimate of drug-likeness (QED) is 0.308. The van der Waals surface area contributed by atoms with Crippen LogP contribution in [0.25, 0.3) is 33.4 Å². The second kappa shape index (κ2) is 7.49. The van der Waals surface area contributed by atoms with E-state index in [-0.39, 0.29) is 5.95 Å². The van der Waals surface area contributed by atoms with Gasteiger partial charge in [0.2, 0.25) is 0 Å². The lowest BCUT2D eigenvalue weighted by Crippen LogP contribution is -2.04. The van der Waals surface area contributed by atoms with Gasteiger partial charge >= 0.3 is 6.18 Å². The number of hydrazone groups is 1. The first-order chi connectivity index (χ1) is 15.4. The van der Waals surface area contributed by atoms with Crippen LogP contribution in [0.4, 0.5) is 19.1 Å². The number of alkyl halides is 3. The molecule has 0 amide bonds. The Hall–Kier alpha value is -4.21. The highest BCUT2D eigenvalue weighted by Crippen LogP contribution is 2.32. The lowest BCUT2D eigenvalue weighted by Gasteiger charge is -2.07. The van der Waals surface area contributed by atoms with Gasteiger partial charge in [0.1, 0.15) is 17.0 Å². The van der Waals surface area contributed by atoms with E-state index in [0.717, 1.165) is 23.0 Å². The van der Waals surface area contributed by atoms with Crippen LogP contribution >= 0.6 is 0 Å². The molecule has 3 aromatic heterocycles. The van der Waals surface area contributed by atoms with Crippen LogP contribution in [-0.2, 0) is 13.2 Å². The summed E-state index contributed by atoms with van der Waals surface area (Å²) < 4.78 is 46.3. The Labute approximate surface area is 179 Å². The molecule has 7 nitrogen and oxygen atoms in total. The highest BCUT2D eigenvalue weighted by molar-refractivity contribution is 6.04. The average molecular weight is 436 g/mol. The predicted molar refractivity (Wildman–Crippen MR) is 114 cm³/mol. The highest BCUT2D eigenvalue weighted by atomic mass is 19.4. The van der Waals surface area contributed by atoms with Crippen molar-refractivity contribution in [1.29, 1.82) is 0 Å². The third kappa shape index (κ3) is 3.55. The second-order valence-electron chi connectivity index (χ2n) is 7.03. The minimum Gasteiger partial charge on any atom is -0.455 e. The van der Waals surface area contributed by atoms with Gasteiger partial charge < -0.3 is 8.98 Å². The summed E-state index contributed by atoms with van der Waals surface area (Å²) in [4.78, 5) is 4.46. The molecule has 2 aromatic carbocycles. The molecule has 0 saturated heterocycles. The van der Waals surface area contributed by atoms with Crippen LogP contribution in [-0.4, -0.2) is 26.0 Å². The van der Waals surface area contributed by atoms with Gasteiger partial charge in [0, 0.05) is 18.0 Å². The Bertz CT molecular complexity index is 1470. The third-order valence-corrected chi connectivity index (χ3v) is 4.96. The molecule has 0 aliphatic heterocycles. The number of nitrogens with zero attached hydrogens (tertiary/aromatic N) is 5. The normalized spacial score (nSPS) is 12.2. The van der Waals surface area contributed by atoms with E-state index < -0.39 is 11.7 Å². The number of benzene rings is 2. The number of rotatable bonds is 4. The standard InChI is InChI=1S/C22H15F3N6O/c1-31-17-8-3-2-7-16(17)19-20(31)27-21(30-28-19)29-26-12-15-9-10-18(32-15)13-5-4-6-14(11-13)22(23,24)25/h2-12H,1H3,(H,27,29,30)/b26-12-. The van der Waals surface area contributed by atoms with Gasteiger partial charge in [-0.2, -0.15) is 23.3 Å². The van der Waals surface area contributed by atoms with Crippen molar-refractivity contribution in [1.82, 2.24) is 19.7 Å². The van der Waals surface area contributed by atoms with Gasteiger partial charge in [0.25, 0.3) is 5.95 Å². The van der Waals surface area contributed by atoms with Crippen molar-refractivity contribution in [3.8, 4) is 11.3 Å². The van der Waals surface area contributed by atoms with E-state index in [1.807, 2.05) is 35.9 Å². The number of para-hydroxylation sites is 1. The van der Waals surface area contributed by atoms with Gasteiger partial charge in [0.05, 0.1) is 17.3 Å². The van der Waals surface area contributed by atoms with Crippen molar-refractivity contribution in [2.75, 3.05) is 5.43 Å². The predicted octanol–water partition coefficient (Wildman–Crippen LogP) is 5.24. The maximum Gasteiger partial charge on any atom is 0.416 e. The van der Waals surface area contributed by atoms with Gasteiger partial charge in [-0.1, -0.05) is 30.3 Å². The van der Waals surface area contributed by atoms with Crippen LogP contribution in [0.1, 0.15) is 11.3 Å². The minimum absolute atomic E-state index is 0.198. The highest BCUT2D eigenvalue weighted by Gasteiger charge is 2.30. The molecule has 1 N–H and O–H groups in total. The number of hydrogen-bond donors (Lipinski definition) is 1. The van der Waals surface area contributed by atoms with E-state index >= 15 is 0 Å². The molecule has 0 aliphatic rings. The van der Waals surface area contributed by atoms with Crippen molar-refractivity contribution in [2.45, 2.75) is 6.18 Å². The molecule has 0 saturated carbocycles. The second-order valence-corrected chi connectivity index (χ2v) is 7.03. The maximum absolute atomic E-state index is 12.9. The van der Waals surface area contributed by atoms with E-state index in [0.29, 0.717) is 28.2 Å². The molecule has 0 atom stereocenters. The lowest BCUT2D eigenvalue weighted by molar-refractivity contribution is -0.137. The Morgan fingerprint density at radius 2 is 1.88 bits per heavy atom. The summed E-state index contributed by atoms with van der Waals surface area (Å²) >= 11 is 0. The maximum atomic E-state index is 12.9. The van der Waals surface area contributed by atoms with Crippen molar-refractivity contribution in [2.24, 2.45) is 12.1 Å². The average Bonchev–Trinajstić information content (AvgIpc) is 3.37. The molecule has 5 aromatic rings. The van der Waals surface area contributed by atoms with E-state index in [9.17, 15) is 13.2 Å². The third-order valence-electron chi connectivity index (χ3n) is 4.96. The fraction of sp³-hybridized carbons (Fsp3) is 0.0909.